The molecule has 2 N–H and O–H groups in total. The first-order valence-corrected chi connectivity index (χ1v) is 11.2. The molecule has 7 nitrogen and oxygen atoms in total. The van der Waals surface area contributed by atoms with Crippen molar-refractivity contribution in [1.82, 2.24) is 15.1 Å². The SMILES string of the molecule is CC(C)(C)c1ccc(OCC(=O)Nc2n[nH]c3ccc(OCCN4CCCC4)cc23)cc1. The first kappa shape index (κ1) is 22.1. The second kappa shape index (κ2) is 9.61. The highest BCUT2D eigenvalue weighted by atomic mass is 16.5. The number of hydrogen-bond donors (Lipinski definition) is 2. The summed E-state index contributed by atoms with van der Waals surface area (Å²) in [6.07, 6.45) is 2.55. The van der Waals surface area contributed by atoms with Gasteiger partial charge in [-0.05, 0) is 67.2 Å². The van der Waals surface area contributed by atoms with Gasteiger partial charge in [0, 0.05) is 11.9 Å². The van der Waals surface area contributed by atoms with E-state index in [1.165, 1.54) is 18.4 Å². The van der Waals surface area contributed by atoms with Crippen LogP contribution in [0.2, 0.25) is 0 Å². The van der Waals surface area contributed by atoms with E-state index in [-0.39, 0.29) is 17.9 Å². The lowest BCUT2D eigenvalue weighted by Gasteiger charge is -2.19. The summed E-state index contributed by atoms with van der Waals surface area (Å²) in [5.74, 6) is 1.64. The van der Waals surface area contributed by atoms with Gasteiger partial charge in [0.05, 0.1) is 5.52 Å². The predicted molar refractivity (Wildman–Crippen MR) is 127 cm³/mol. The Morgan fingerprint density at radius 2 is 1.78 bits per heavy atom. The fraction of sp³-hybridized carbons (Fsp3) is 0.440. The van der Waals surface area contributed by atoms with Gasteiger partial charge in [0.15, 0.2) is 12.4 Å². The summed E-state index contributed by atoms with van der Waals surface area (Å²) in [6.45, 7) is 10.3. The third-order valence-corrected chi connectivity index (χ3v) is 5.76. The maximum atomic E-state index is 12.4. The molecule has 0 radical (unpaired) electrons. The van der Waals surface area contributed by atoms with Gasteiger partial charge < -0.3 is 14.8 Å². The van der Waals surface area contributed by atoms with Crippen LogP contribution in [-0.2, 0) is 10.2 Å². The Labute approximate surface area is 189 Å². The molecule has 2 heterocycles. The molecular weight excluding hydrogens is 404 g/mol. The maximum Gasteiger partial charge on any atom is 0.263 e. The summed E-state index contributed by atoms with van der Waals surface area (Å²) >= 11 is 0. The van der Waals surface area contributed by atoms with Crippen molar-refractivity contribution in [2.24, 2.45) is 0 Å². The van der Waals surface area contributed by atoms with Crippen molar-refractivity contribution in [2.75, 3.05) is 38.2 Å². The van der Waals surface area contributed by atoms with Crippen LogP contribution >= 0.6 is 0 Å². The fourth-order valence-corrected chi connectivity index (χ4v) is 3.85. The number of carbonyl (C=O) groups is 1. The number of aromatic nitrogens is 2. The molecule has 0 bridgehead atoms. The van der Waals surface area contributed by atoms with Crippen LogP contribution in [0, 0.1) is 0 Å². The van der Waals surface area contributed by atoms with E-state index in [2.05, 4.69) is 41.2 Å². The molecule has 0 atom stereocenters. The molecule has 170 valence electrons. The number of amides is 1. The number of likely N-dealkylation sites (tertiary alicyclic amines) is 1. The zero-order valence-electron chi connectivity index (χ0n) is 19.1. The van der Waals surface area contributed by atoms with Crippen molar-refractivity contribution in [1.29, 1.82) is 0 Å². The molecule has 32 heavy (non-hydrogen) atoms. The molecule has 1 aliphatic heterocycles. The molecule has 1 fully saturated rings. The average Bonchev–Trinajstić information content (AvgIpc) is 3.42. The molecular formula is C25H32N4O3. The molecule has 7 heteroatoms. The van der Waals surface area contributed by atoms with Crippen LogP contribution in [0.5, 0.6) is 11.5 Å². The highest BCUT2D eigenvalue weighted by Gasteiger charge is 2.15. The number of fused-ring (bicyclic) bond motifs is 1. The molecule has 2 aromatic carbocycles. The highest BCUT2D eigenvalue weighted by molar-refractivity contribution is 6.00. The van der Waals surface area contributed by atoms with Crippen molar-refractivity contribution in [3.63, 3.8) is 0 Å². The number of nitrogens with one attached hydrogen (secondary N) is 2. The Balaban J connectivity index is 1.32. The largest absolute Gasteiger partial charge is 0.492 e. The molecule has 1 saturated heterocycles. The molecule has 0 spiro atoms. The van der Waals surface area contributed by atoms with Crippen molar-refractivity contribution < 1.29 is 14.3 Å². The number of benzene rings is 2. The number of carbonyl (C=O) groups excluding carboxylic acids is 1. The minimum absolute atomic E-state index is 0.0770. The molecule has 0 saturated carbocycles. The van der Waals surface area contributed by atoms with Gasteiger partial charge >= 0.3 is 0 Å². The number of rotatable bonds is 8. The minimum atomic E-state index is -0.265. The van der Waals surface area contributed by atoms with E-state index < -0.39 is 0 Å². The quantitative estimate of drug-likeness (QED) is 0.549. The molecule has 3 aromatic rings. The van der Waals surface area contributed by atoms with E-state index >= 15 is 0 Å². The van der Waals surface area contributed by atoms with Crippen LogP contribution < -0.4 is 14.8 Å². The van der Waals surface area contributed by atoms with E-state index in [1.807, 2.05) is 42.5 Å². The number of H-pyrrole nitrogens is 1. The van der Waals surface area contributed by atoms with Crippen molar-refractivity contribution in [2.45, 2.75) is 39.0 Å². The summed E-state index contributed by atoms with van der Waals surface area (Å²) in [4.78, 5) is 14.8. The topological polar surface area (TPSA) is 79.5 Å². The van der Waals surface area contributed by atoms with E-state index in [0.29, 0.717) is 18.2 Å². The van der Waals surface area contributed by atoms with E-state index in [9.17, 15) is 4.79 Å². The van der Waals surface area contributed by atoms with Crippen LogP contribution in [0.4, 0.5) is 5.82 Å². The molecule has 1 aliphatic rings. The molecule has 1 amide bonds. The zero-order chi connectivity index (χ0) is 22.6. The van der Waals surface area contributed by atoms with E-state index in [4.69, 9.17) is 9.47 Å². The fourth-order valence-electron chi connectivity index (χ4n) is 3.85. The van der Waals surface area contributed by atoms with Gasteiger partial charge in [-0.15, -0.1) is 0 Å². The van der Waals surface area contributed by atoms with Crippen LogP contribution in [0.15, 0.2) is 42.5 Å². The highest BCUT2D eigenvalue weighted by Crippen LogP contribution is 2.26. The molecule has 1 aromatic heterocycles. The lowest BCUT2D eigenvalue weighted by molar-refractivity contribution is -0.118. The number of ether oxygens (including phenoxy) is 2. The Kier molecular flexibility index (Phi) is 6.65. The van der Waals surface area contributed by atoms with Gasteiger partial charge in [-0.3, -0.25) is 14.8 Å². The summed E-state index contributed by atoms with van der Waals surface area (Å²) in [6, 6.07) is 13.6. The summed E-state index contributed by atoms with van der Waals surface area (Å²) in [7, 11) is 0. The van der Waals surface area contributed by atoms with Crippen molar-refractivity contribution in [3.8, 4) is 11.5 Å². The van der Waals surface area contributed by atoms with E-state index in [1.54, 1.807) is 0 Å². The molecule has 4 rings (SSSR count). The van der Waals surface area contributed by atoms with Crippen molar-refractivity contribution >= 4 is 22.6 Å². The maximum absolute atomic E-state index is 12.4. The van der Waals surface area contributed by atoms with Gasteiger partial charge in [-0.25, -0.2) is 0 Å². The van der Waals surface area contributed by atoms with Gasteiger partial charge in [-0.2, -0.15) is 5.10 Å². The van der Waals surface area contributed by atoms with Gasteiger partial charge in [0.2, 0.25) is 0 Å². The lowest BCUT2D eigenvalue weighted by atomic mass is 9.87. The third kappa shape index (κ3) is 5.59. The summed E-state index contributed by atoms with van der Waals surface area (Å²) < 4.78 is 11.6. The minimum Gasteiger partial charge on any atom is -0.492 e. The Morgan fingerprint density at radius 3 is 2.50 bits per heavy atom. The number of nitrogens with zero attached hydrogens (tertiary/aromatic N) is 2. The first-order valence-electron chi connectivity index (χ1n) is 11.2. The van der Waals surface area contributed by atoms with Gasteiger partial charge in [0.1, 0.15) is 18.1 Å². The second-order valence-corrected chi connectivity index (χ2v) is 9.29. The van der Waals surface area contributed by atoms with Crippen molar-refractivity contribution in [3.05, 3.63) is 48.0 Å². The van der Waals surface area contributed by atoms with Crippen LogP contribution in [0.25, 0.3) is 10.9 Å². The number of hydrogen-bond acceptors (Lipinski definition) is 5. The third-order valence-electron chi connectivity index (χ3n) is 5.76. The van der Waals surface area contributed by atoms with Crippen LogP contribution in [-0.4, -0.2) is 53.9 Å². The van der Waals surface area contributed by atoms with Gasteiger partial charge in [-0.1, -0.05) is 32.9 Å². The Hall–Kier alpha value is -3.06. The monoisotopic (exact) mass is 436 g/mol. The molecule has 0 unspecified atom stereocenters. The second-order valence-electron chi connectivity index (χ2n) is 9.29. The lowest BCUT2D eigenvalue weighted by Crippen LogP contribution is -2.25. The van der Waals surface area contributed by atoms with E-state index in [0.717, 1.165) is 36.3 Å². The number of aromatic amines is 1. The smallest absolute Gasteiger partial charge is 0.263 e. The average molecular weight is 437 g/mol. The van der Waals surface area contributed by atoms with Crippen LogP contribution in [0.3, 0.4) is 0 Å². The summed E-state index contributed by atoms with van der Waals surface area (Å²) in [5.41, 5.74) is 2.13. The normalized spacial score (nSPS) is 14.6. The zero-order valence-corrected chi connectivity index (χ0v) is 19.1. The van der Waals surface area contributed by atoms with Gasteiger partial charge in [0.25, 0.3) is 5.91 Å². The Bertz CT molecular complexity index is 1050. The summed E-state index contributed by atoms with van der Waals surface area (Å²) in [5, 5.41) is 10.8. The first-order chi connectivity index (χ1) is 15.4. The Morgan fingerprint density at radius 1 is 1.06 bits per heavy atom. The molecule has 0 aliphatic carbocycles. The van der Waals surface area contributed by atoms with Crippen LogP contribution in [0.1, 0.15) is 39.2 Å². The number of anilines is 1. The standard InChI is InChI=1S/C25H32N4O3/c1-25(2,3)18-6-8-19(9-7-18)32-17-23(30)26-24-21-16-20(10-11-22(21)27-28-24)31-15-14-29-12-4-5-13-29/h6-11,16H,4-5,12-15,17H2,1-3H3,(H2,26,27,28,30). The predicted octanol–water partition coefficient (Wildman–Crippen LogP) is 4.35.